The van der Waals surface area contributed by atoms with Crippen LogP contribution in [0.5, 0.6) is 0 Å². The van der Waals surface area contributed by atoms with Crippen molar-refractivity contribution in [2.75, 3.05) is 31.5 Å². The summed E-state index contributed by atoms with van der Waals surface area (Å²) < 4.78 is 0. The molecule has 6 nitrogen and oxygen atoms in total. The molecular weight excluding hydrogens is 362 g/mol. The first kappa shape index (κ1) is 19.7. The van der Waals surface area contributed by atoms with Crippen LogP contribution >= 0.6 is 11.8 Å². The van der Waals surface area contributed by atoms with Gasteiger partial charge in [-0.1, -0.05) is 26.0 Å². The van der Waals surface area contributed by atoms with Crippen molar-refractivity contribution in [1.82, 2.24) is 9.80 Å². The zero-order chi connectivity index (χ0) is 19.4. The molecule has 1 N–H and O–H groups in total. The molecule has 0 aliphatic carbocycles. The SMILES string of the molecule is CC(C)CCC(=O)N1CCN(C(=O)CC2Sc3ccccc3NC2=O)CC1. The first-order valence-corrected chi connectivity index (χ1v) is 10.4. The molecule has 1 saturated heterocycles. The van der Waals surface area contributed by atoms with E-state index in [0.29, 0.717) is 38.5 Å². The van der Waals surface area contributed by atoms with Gasteiger partial charge in [-0.3, -0.25) is 14.4 Å². The summed E-state index contributed by atoms with van der Waals surface area (Å²) in [5, 5.41) is 2.48. The monoisotopic (exact) mass is 389 g/mol. The Morgan fingerprint density at radius 2 is 1.74 bits per heavy atom. The standard InChI is InChI=1S/C20H27N3O3S/c1-14(2)7-8-18(24)22-9-11-23(12-10-22)19(25)13-17-20(26)21-15-5-3-4-6-16(15)27-17/h3-6,14,17H,7-13H2,1-2H3,(H,21,26). The highest BCUT2D eigenvalue weighted by atomic mass is 32.2. The molecule has 7 heteroatoms. The first-order chi connectivity index (χ1) is 12.9. The fraction of sp³-hybridized carbons (Fsp3) is 0.550. The summed E-state index contributed by atoms with van der Waals surface area (Å²) in [6, 6.07) is 7.64. The van der Waals surface area contributed by atoms with Crippen molar-refractivity contribution >= 4 is 35.2 Å². The third-order valence-electron chi connectivity index (χ3n) is 4.99. The fourth-order valence-electron chi connectivity index (χ4n) is 3.29. The molecule has 1 aromatic rings. The van der Waals surface area contributed by atoms with Crippen molar-refractivity contribution in [2.45, 2.75) is 43.3 Å². The number of thioether (sulfide) groups is 1. The summed E-state index contributed by atoms with van der Waals surface area (Å²) in [5.74, 6) is 0.557. The summed E-state index contributed by atoms with van der Waals surface area (Å²) in [5.41, 5.74) is 0.810. The maximum atomic E-state index is 12.6. The minimum absolute atomic E-state index is 0.0173. The van der Waals surface area contributed by atoms with Gasteiger partial charge in [-0.25, -0.2) is 0 Å². The van der Waals surface area contributed by atoms with Gasteiger partial charge in [0, 0.05) is 43.9 Å². The molecule has 0 bridgehead atoms. The zero-order valence-corrected chi connectivity index (χ0v) is 16.8. The van der Waals surface area contributed by atoms with Crippen molar-refractivity contribution in [3.8, 4) is 0 Å². The molecule has 2 heterocycles. The maximum Gasteiger partial charge on any atom is 0.238 e. The van der Waals surface area contributed by atoms with E-state index in [1.54, 1.807) is 4.90 Å². The Hall–Kier alpha value is -2.02. The number of nitrogens with zero attached hydrogens (tertiary/aromatic N) is 2. The smallest absolute Gasteiger partial charge is 0.238 e. The van der Waals surface area contributed by atoms with Gasteiger partial charge in [-0.2, -0.15) is 0 Å². The predicted molar refractivity (Wildman–Crippen MR) is 107 cm³/mol. The van der Waals surface area contributed by atoms with E-state index in [1.807, 2.05) is 29.2 Å². The Kier molecular flexibility index (Phi) is 6.42. The highest BCUT2D eigenvalue weighted by molar-refractivity contribution is 8.01. The number of fused-ring (bicyclic) bond motifs is 1. The molecule has 1 aromatic carbocycles. The lowest BCUT2D eigenvalue weighted by Crippen LogP contribution is -2.51. The first-order valence-electron chi connectivity index (χ1n) is 9.56. The molecule has 3 amide bonds. The number of amides is 3. The molecule has 0 spiro atoms. The largest absolute Gasteiger partial charge is 0.339 e. The minimum atomic E-state index is -0.405. The van der Waals surface area contributed by atoms with Crippen LogP contribution in [-0.2, 0) is 14.4 Å². The molecule has 0 saturated carbocycles. The van der Waals surface area contributed by atoms with E-state index in [4.69, 9.17) is 0 Å². The van der Waals surface area contributed by atoms with E-state index in [1.165, 1.54) is 11.8 Å². The Bertz CT molecular complexity index is 714. The van der Waals surface area contributed by atoms with Gasteiger partial charge in [0.15, 0.2) is 0 Å². The summed E-state index contributed by atoms with van der Waals surface area (Å²) in [6.45, 7) is 6.47. The van der Waals surface area contributed by atoms with Gasteiger partial charge in [0.2, 0.25) is 17.7 Å². The molecule has 1 atom stereocenters. The summed E-state index contributed by atoms with van der Waals surface area (Å²) in [7, 11) is 0. The molecule has 27 heavy (non-hydrogen) atoms. The number of carbonyl (C=O) groups is 3. The van der Waals surface area contributed by atoms with Crippen molar-refractivity contribution in [2.24, 2.45) is 5.92 Å². The van der Waals surface area contributed by atoms with E-state index < -0.39 is 5.25 Å². The number of carbonyl (C=O) groups excluding carboxylic acids is 3. The number of piperazine rings is 1. The second-order valence-corrected chi connectivity index (χ2v) is 8.73. The summed E-state index contributed by atoms with van der Waals surface area (Å²) >= 11 is 1.45. The number of rotatable bonds is 5. The summed E-state index contributed by atoms with van der Waals surface area (Å²) in [4.78, 5) is 41.8. The number of hydrogen-bond acceptors (Lipinski definition) is 4. The van der Waals surface area contributed by atoms with Gasteiger partial charge in [-0.05, 0) is 24.5 Å². The fourth-order valence-corrected chi connectivity index (χ4v) is 4.39. The molecular formula is C20H27N3O3S. The molecule has 3 rings (SSSR count). The van der Waals surface area contributed by atoms with Crippen LogP contribution in [0.25, 0.3) is 0 Å². The zero-order valence-electron chi connectivity index (χ0n) is 15.9. The molecule has 1 unspecified atom stereocenters. The predicted octanol–water partition coefficient (Wildman–Crippen LogP) is 2.60. The molecule has 2 aliphatic heterocycles. The van der Waals surface area contributed by atoms with E-state index in [2.05, 4.69) is 19.2 Å². The van der Waals surface area contributed by atoms with E-state index in [9.17, 15) is 14.4 Å². The molecule has 0 aromatic heterocycles. The van der Waals surface area contributed by atoms with Crippen molar-refractivity contribution in [3.05, 3.63) is 24.3 Å². The second kappa shape index (κ2) is 8.78. The van der Waals surface area contributed by atoms with Crippen LogP contribution in [0.3, 0.4) is 0 Å². The molecule has 0 radical (unpaired) electrons. The van der Waals surface area contributed by atoms with Gasteiger partial charge < -0.3 is 15.1 Å². The van der Waals surface area contributed by atoms with Gasteiger partial charge in [0.1, 0.15) is 0 Å². The van der Waals surface area contributed by atoms with Crippen LogP contribution in [0.15, 0.2) is 29.2 Å². The van der Waals surface area contributed by atoms with Gasteiger partial charge >= 0.3 is 0 Å². The van der Waals surface area contributed by atoms with Crippen molar-refractivity contribution < 1.29 is 14.4 Å². The number of para-hydroxylation sites is 1. The quantitative estimate of drug-likeness (QED) is 0.840. The average Bonchev–Trinajstić information content (AvgIpc) is 2.66. The van der Waals surface area contributed by atoms with Crippen LogP contribution in [-0.4, -0.2) is 59.0 Å². The lowest BCUT2D eigenvalue weighted by atomic mass is 10.1. The normalized spacial score (nSPS) is 19.7. The third kappa shape index (κ3) is 5.03. The highest BCUT2D eigenvalue weighted by Gasteiger charge is 2.31. The van der Waals surface area contributed by atoms with Crippen LogP contribution in [0.1, 0.15) is 33.1 Å². The van der Waals surface area contributed by atoms with Gasteiger partial charge in [0.05, 0.1) is 10.9 Å². The van der Waals surface area contributed by atoms with Gasteiger partial charge in [-0.15, -0.1) is 11.8 Å². The van der Waals surface area contributed by atoms with E-state index >= 15 is 0 Å². The van der Waals surface area contributed by atoms with Crippen LogP contribution in [0, 0.1) is 5.92 Å². The number of benzene rings is 1. The van der Waals surface area contributed by atoms with Crippen molar-refractivity contribution in [1.29, 1.82) is 0 Å². The number of anilines is 1. The van der Waals surface area contributed by atoms with E-state index in [-0.39, 0.29) is 24.1 Å². The Morgan fingerprint density at radius 1 is 1.11 bits per heavy atom. The van der Waals surface area contributed by atoms with Crippen LogP contribution in [0.4, 0.5) is 5.69 Å². The Balaban J connectivity index is 1.49. The molecule has 2 aliphatic rings. The lowest BCUT2D eigenvalue weighted by molar-refractivity contribution is -0.140. The maximum absolute atomic E-state index is 12.6. The molecule has 1 fully saturated rings. The summed E-state index contributed by atoms with van der Waals surface area (Å²) in [6.07, 6.45) is 1.66. The third-order valence-corrected chi connectivity index (χ3v) is 6.26. The average molecular weight is 390 g/mol. The Morgan fingerprint density at radius 3 is 2.41 bits per heavy atom. The Labute approximate surface area is 164 Å². The van der Waals surface area contributed by atoms with Crippen molar-refractivity contribution in [3.63, 3.8) is 0 Å². The number of nitrogens with one attached hydrogen (secondary N) is 1. The topological polar surface area (TPSA) is 69.7 Å². The second-order valence-electron chi connectivity index (χ2n) is 7.49. The van der Waals surface area contributed by atoms with Crippen LogP contribution in [0.2, 0.25) is 0 Å². The van der Waals surface area contributed by atoms with Crippen LogP contribution < -0.4 is 5.32 Å². The lowest BCUT2D eigenvalue weighted by Gasteiger charge is -2.35. The van der Waals surface area contributed by atoms with E-state index in [0.717, 1.165) is 17.0 Å². The number of hydrogen-bond donors (Lipinski definition) is 1. The van der Waals surface area contributed by atoms with Gasteiger partial charge in [0.25, 0.3) is 0 Å². The minimum Gasteiger partial charge on any atom is -0.339 e. The molecule has 146 valence electrons. The highest BCUT2D eigenvalue weighted by Crippen LogP contribution is 2.36.